The lowest BCUT2D eigenvalue weighted by Gasteiger charge is -2.21. The van der Waals surface area contributed by atoms with Gasteiger partial charge in [-0.05, 0) is 29.7 Å². The van der Waals surface area contributed by atoms with Gasteiger partial charge in [-0.1, -0.05) is 58.4 Å². The molecule has 4 aromatic rings. The number of benzene rings is 2. The molecule has 0 saturated heterocycles. The lowest BCUT2D eigenvalue weighted by molar-refractivity contribution is 0.244. The van der Waals surface area contributed by atoms with Crippen LogP contribution in [-0.2, 0) is 26.1 Å². The molecule has 1 N–H and O–H groups in total. The molecular weight excluding hydrogens is 430 g/mol. The molecule has 0 amide bonds. The van der Waals surface area contributed by atoms with E-state index >= 15 is 0 Å². The molecule has 29 heavy (non-hydrogen) atoms. The van der Waals surface area contributed by atoms with E-state index in [9.17, 15) is 0 Å². The second kappa shape index (κ2) is 9.58. The molecule has 148 valence electrons. The predicted octanol–water partition coefficient (Wildman–Crippen LogP) is 3.45. The minimum absolute atomic E-state index is 0.675. The Bertz CT molecular complexity index is 997. The van der Waals surface area contributed by atoms with E-state index in [1.54, 1.807) is 12.7 Å². The van der Waals surface area contributed by atoms with Crippen LogP contribution in [0.25, 0.3) is 0 Å². The summed E-state index contributed by atoms with van der Waals surface area (Å²) in [6, 6.07) is 18.8. The van der Waals surface area contributed by atoms with Crippen molar-refractivity contribution in [1.82, 2.24) is 34.8 Å². The lowest BCUT2D eigenvalue weighted by atomic mass is 10.1. The summed E-state index contributed by atoms with van der Waals surface area (Å²) < 4.78 is 3.19. The van der Waals surface area contributed by atoms with Crippen molar-refractivity contribution in [1.29, 1.82) is 0 Å². The second-order valence-electron chi connectivity index (χ2n) is 6.88. The molecule has 2 aromatic heterocycles. The molecule has 8 heteroatoms. The number of halogens is 1. The molecule has 0 aliphatic carbocycles. The van der Waals surface area contributed by atoms with E-state index < -0.39 is 0 Å². The average molecular weight is 452 g/mol. The van der Waals surface area contributed by atoms with E-state index in [4.69, 9.17) is 0 Å². The normalized spacial score (nSPS) is 11.2. The maximum atomic E-state index is 4.37. The van der Waals surface area contributed by atoms with Crippen molar-refractivity contribution in [2.24, 2.45) is 0 Å². The molecule has 0 saturated carbocycles. The SMILES string of the molecule is Brc1ccc(CCN(Cc2ncn[nH]2)Cc2nncn2Cc2ccccc2)cc1. The highest BCUT2D eigenvalue weighted by molar-refractivity contribution is 9.10. The Kier molecular flexibility index (Phi) is 6.43. The Morgan fingerprint density at radius 1 is 0.966 bits per heavy atom. The molecule has 0 unspecified atom stereocenters. The average Bonchev–Trinajstić information content (AvgIpc) is 3.41. The third-order valence-electron chi connectivity index (χ3n) is 4.72. The van der Waals surface area contributed by atoms with Crippen LogP contribution < -0.4 is 0 Å². The fourth-order valence-electron chi connectivity index (χ4n) is 3.18. The van der Waals surface area contributed by atoms with Crippen molar-refractivity contribution in [2.45, 2.75) is 26.1 Å². The van der Waals surface area contributed by atoms with Gasteiger partial charge in [0.25, 0.3) is 0 Å². The highest BCUT2D eigenvalue weighted by Gasteiger charge is 2.14. The minimum atomic E-state index is 0.675. The maximum absolute atomic E-state index is 4.37. The molecule has 0 bridgehead atoms. The lowest BCUT2D eigenvalue weighted by Crippen LogP contribution is -2.27. The van der Waals surface area contributed by atoms with E-state index in [2.05, 4.69) is 87.2 Å². The molecule has 2 aromatic carbocycles. The predicted molar refractivity (Wildman–Crippen MR) is 114 cm³/mol. The van der Waals surface area contributed by atoms with Gasteiger partial charge < -0.3 is 4.57 Å². The Balaban J connectivity index is 1.46. The number of hydrogen-bond acceptors (Lipinski definition) is 5. The summed E-state index contributed by atoms with van der Waals surface area (Å²) in [4.78, 5) is 6.60. The first-order valence-electron chi connectivity index (χ1n) is 9.48. The Morgan fingerprint density at radius 2 is 1.79 bits per heavy atom. The van der Waals surface area contributed by atoms with Crippen molar-refractivity contribution in [3.8, 4) is 0 Å². The van der Waals surface area contributed by atoms with Crippen LogP contribution in [0.3, 0.4) is 0 Å². The van der Waals surface area contributed by atoms with Crippen molar-refractivity contribution in [3.05, 3.63) is 94.5 Å². The number of aromatic nitrogens is 6. The van der Waals surface area contributed by atoms with Crippen LogP contribution in [0.15, 0.2) is 71.7 Å². The van der Waals surface area contributed by atoms with Gasteiger partial charge in [-0.3, -0.25) is 10.00 Å². The zero-order valence-corrected chi connectivity index (χ0v) is 17.5. The van der Waals surface area contributed by atoms with Gasteiger partial charge in [-0.2, -0.15) is 5.10 Å². The van der Waals surface area contributed by atoms with E-state index in [-0.39, 0.29) is 0 Å². The highest BCUT2D eigenvalue weighted by atomic mass is 79.9. The van der Waals surface area contributed by atoms with Gasteiger partial charge in [0.1, 0.15) is 24.3 Å². The first-order valence-corrected chi connectivity index (χ1v) is 10.3. The Hall–Kier alpha value is -2.84. The zero-order chi connectivity index (χ0) is 19.9. The number of H-pyrrole nitrogens is 1. The second-order valence-corrected chi connectivity index (χ2v) is 7.80. The molecule has 0 spiro atoms. The smallest absolute Gasteiger partial charge is 0.147 e. The van der Waals surface area contributed by atoms with Gasteiger partial charge >= 0.3 is 0 Å². The van der Waals surface area contributed by atoms with E-state index in [1.165, 1.54) is 11.1 Å². The van der Waals surface area contributed by atoms with Crippen LogP contribution in [0, 0.1) is 0 Å². The summed E-state index contributed by atoms with van der Waals surface area (Å²) in [5.41, 5.74) is 2.52. The first-order chi connectivity index (χ1) is 14.3. The van der Waals surface area contributed by atoms with Crippen LogP contribution >= 0.6 is 15.9 Å². The van der Waals surface area contributed by atoms with Gasteiger partial charge in [-0.25, -0.2) is 4.98 Å². The number of nitrogens with one attached hydrogen (secondary N) is 1. The summed E-state index contributed by atoms with van der Waals surface area (Å²) in [5, 5.41) is 15.4. The van der Waals surface area contributed by atoms with Gasteiger partial charge in [-0.15, -0.1) is 10.2 Å². The van der Waals surface area contributed by atoms with Crippen molar-refractivity contribution in [2.75, 3.05) is 6.54 Å². The molecule has 0 fully saturated rings. The van der Waals surface area contributed by atoms with Gasteiger partial charge in [0.15, 0.2) is 0 Å². The van der Waals surface area contributed by atoms with Gasteiger partial charge in [0.05, 0.1) is 19.6 Å². The third-order valence-corrected chi connectivity index (χ3v) is 5.25. The number of rotatable bonds is 9. The third kappa shape index (κ3) is 5.58. The van der Waals surface area contributed by atoms with Crippen molar-refractivity contribution >= 4 is 15.9 Å². The fourth-order valence-corrected chi connectivity index (χ4v) is 3.45. The highest BCUT2D eigenvalue weighted by Crippen LogP contribution is 2.13. The quantitative estimate of drug-likeness (QED) is 0.421. The van der Waals surface area contributed by atoms with Crippen LogP contribution in [0.5, 0.6) is 0 Å². The largest absolute Gasteiger partial charge is 0.312 e. The number of aromatic amines is 1. The summed E-state index contributed by atoms with van der Waals surface area (Å²) in [6.07, 6.45) is 4.28. The fraction of sp³-hybridized carbons (Fsp3) is 0.238. The molecule has 0 aliphatic heterocycles. The molecule has 0 atom stereocenters. The van der Waals surface area contributed by atoms with Crippen molar-refractivity contribution < 1.29 is 0 Å². The Morgan fingerprint density at radius 3 is 2.55 bits per heavy atom. The Labute approximate surface area is 177 Å². The summed E-state index contributed by atoms with van der Waals surface area (Å²) >= 11 is 3.49. The van der Waals surface area contributed by atoms with Crippen LogP contribution in [0.1, 0.15) is 22.8 Å². The first kappa shape index (κ1) is 19.5. The summed E-state index contributed by atoms with van der Waals surface area (Å²) in [7, 11) is 0. The molecule has 4 rings (SSSR count). The van der Waals surface area contributed by atoms with Gasteiger partial charge in [0, 0.05) is 11.0 Å². The van der Waals surface area contributed by atoms with Crippen LogP contribution in [-0.4, -0.2) is 41.4 Å². The molecule has 2 heterocycles. The minimum Gasteiger partial charge on any atom is -0.312 e. The van der Waals surface area contributed by atoms with Gasteiger partial charge in [0.2, 0.25) is 0 Å². The molecule has 0 radical (unpaired) electrons. The van der Waals surface area contributed by atoms with E-state index in [0.29, 0.717) is 13.1 Å². The molecule has 7 nitrogen and oxygen atoms in total. The maximum Gasteiger partial charge on any atom is 0.147 e. The summed E-state index contributed by atoms with van der Waals surface area (Å²) in [6.45, 7) is 2.99. The van der Waals surface area contributed by atoms with Crippen LogP contribution in [0.4, 0.5) is 0 Å². The van der Waals surface area contributed by atoms with Crippen LogP contribution in [0.2, 0.25) is 0 Å². The monoisotopic (exact) mass is 451 g/mol. The zero-order valence-electron chi connectivity index (χ0n) is 15.9. The van der Waals surface area contributed by atoms with E-state index in [0.717, 1.165) is 35.6 Å². The van der Waals surface area contributed by atoms with Crippen molar-refractivity contribution in [3.63, 3.8) is 0 Å². The topological polar surface area (TPSA) is 75.5 Å². The molecular formula is C21H22BrN7. The van der Waals surface area contributed by atoms with E-state index in [1.807, 2.05) is 18.2 Å². The standard InChI is InChI=1S/C21H22BrN7/c22-19-8-6-17(7-9-19)10-11-28(13-20-23-15-24-26-20)14-21-27-25-16-29(21)12-18-4-2-1-3-5-18/h1-9,15-16H,10-14H2,(H,23,24,26). The number of nitrogens with zero attached hydrogens (tertiary/aromatic N) is 6. The molecule has 0 aliphatic rings. The number of hydrogen-bond donors (Lipinski definition) is 1. The summed E-state index contributed by atoms with van der Waals surface area (Å²) in [5.74, 6) is 1.78.